The molecule has 0 spiro atoms. The van der Waals surface area contributed by atoms with Crippen LogP contribution < -0.4 is 5.56 Å². The number of hydrogen-bond acceptors (Lipinski definition) is 6. The Labute approximate surface area is 173 Å². The lowest BCUT2D eigenvalue weighted by Crippen LogP contribution is -2.15. The molecule has 1 fully saturated rings. The number of hydrogen-bond donors (Lipinski definition) is 1. The second kappa shape index (κ2) is 7.03. The highest BCUT2D eigenvalue weighted by atomic mass is 19.4. The van der Waals surface area contributed by atoms with E-state index in [-0.39, 0.29) is 22.5 Å². The van der Waals surface area contributed by atoms with Gasteiger partial charge in [0.15, 0.2) is 11.3 Å². The Balaban J connectivity index is 1.64. The second-order valence-corrected chi connectivity index (χ2v) is 7.69. The number of nitrogens with zero attached hydrogens (tertiary/aromatic N) is 5. The zero-order chi connectivity index (χ0) is 21.8. The summed E-state index contributed by atoms with van der Waals surface area (Å²) in [5, 5.41) is 12.2. The van der Waals surface area contributed by atoms with Crippen molar-refractivity contribution >= 4 is 11.0 Å². The first-order valence-corrected chi connectivity index (χ1v) is 9.76. The quantitative estimate of drug-likeness (QED) is 0.517. The fourth-order valence-electron chi connectivity index (χ4n) is 3.57. The van der Waals surface area contributed by atoms with Gasteiger partial charge in [0.05, 0.1) is 11.6 Å². The van der Waals surface area contributed by atoms with Gasteiger partial charge in [-0.25, -0.2) is 9.67 Å². The van der Waals surface area contributed by atoms with Crippen LogP contribution in [0.3, 0.4) is 0 Å². The summed E-state index contributed by atoms with van der Waals surface area (Å²) in [4.78, 5) is 20.3. The third-order valence-electron chi connectivity index (χ3n) is 5.44. The van der Waals surface area contributed by atoms with Crippen molar-refractivity contribution in [3.63, 3.8) is 0 Å². The number of alkyl halides is 3. The number of aromatic amines is 1. The van der Waals surface area contributed by atoms with E-state index in [0.717, 1.165) is 31.4 Å². The number of aromatic nitrogens is 6. The van der Waals surface area contributed by atoms with Crippen LogP contribution in [-0.2, 0) is 12.6 Å². The van der Waals surface area contributed by atoms with Crippen molar-refractivity contribution in [2.75, 3.05) is 0 Å². The number of nitrogens with one attached hydrogen (secondary N) is 1. The molecule has 0 amide bonds. The molecule has 1 aliphatic rings. The van der Waals surface area contributed by atoms with Crippen molar-refractivity contribution in [2.24, 2.45) is 5.92 Å². The van der Waals surface area contributed by atoms with Crippen molar-refractivity contribution < 1.29 is 17.6 Å². The topological polar surface area (TPSA) is 102 Å². The molecule has 4 aromatic rings. The van der Waals surface area contributed by atoms with Gasteiger partial charge in [-0.1, -0.05) is 12.1 Å². The number of fused-ring (bicyclic) bond motifs is 1. The van der Waals surface area contributed by atoms with E-state index in [2.05, 4.69) is 25.3 Å². The highest BCUT2D eigenvalue weighted by Crippen LogP contribution is 2.33. The number of halogens is 3. The Morgan fingerprint density at radius 1 is 1.26 bits per heavy atom. The fourth-order valence-corrected chi connectivity index (χ4v) is 3.57. The maximum atomic E-state index is 12.9. The van der Waals surface area contributed by atoms with Crippen LogP contribution in [0.1, 0.15) is 42.8 Å². The Kier molecular flexibility index (Phi) is 4.42. The molecule has 0 radical (unpaired) electrons. The van der Waals surface area contributed by atoms with Gasteiger partial charge >= 0.3 is 6.18 Å². The summed E-state index contributed by atoms with van der Waals surface area (Å²) in [6.45, 7) is 1.77. The van der Waals surface area contributed by atoms with Crippen LogP contribution >= 0.6 is 0 Å². The third-order valence-corrected chi connectivity index (χ3v) is 5.44. The first-order valence-electron chi connectivity index (χ1n) is 9.76. The average molecular weight is 430 g/mol. The molecule has 3 heterocycles. The van der Waals surface area contributed by atoms with Crippen molar-refractivity contribution in [3.05, 3.63) is 58.0 Å². The van der Waals surface area contributed by atoms with Gasteiger partial charge in [-0.2, -0.15) is 18.3 Å². The molecule has 1 aromatic carbocycles. The molecule has 0 aliphatic heterocycles. The van der Waals surface area contributed by atoms with Crippen molar-refractivity contribution in [1.29, 1.82) is 0 Å². The standard InChI is InChI=1S/C20H17F3N6O2/c1-10(12-4-6-13(7-5-12)20(21,22)23)29-17-15(16(28-29)19-27-24-9-31-19)18(30)26-14(25-17)8-11-2-3-11/h4-7,9-11H,2-3,8H2,1H3,(H,25,26,30). The molecular formula is C20H17F3N6O2. The Hall–Kier alpha value is -3.50. The molecule has 0 saturated heterocycles. The van der Waals surface area contributed by atoms with Gasteiger partial charge < -0.3 is 9.40 Å². The van der Waals surface area contributed by atoms with Crippen LogP contribution in [0, 0.1) is 5.92 Å². The van der Waals surface area contributed by atoms with Crippen LogP contribution in [0.2, 0.25) is 0 Å². The van der Waals surface area contributed by atoms with Crippen molar-refractivity contribution in [2.45, 2.75) is 38.4 Å². The Morgan fingerprint density at radius 2 is 2.00 bits per heavy atom. The molecule has 1 unspecified atom stereocenters. The van der Waals surface area contributed by atoms with Crippen LogP contribution in [-0.4, -0.2) is 29.9 Å². The molecule has 160 valence electrons. The fraction of sp³-hybridized carbons (Fsp3) is 0.350. The van der Waals surface area contributed by atoms with Gasteiger partial charge in [0.2, 0.25) is 6.39 Å². The third kappa shape index (κ3) is 3.60. The van der Waals surface area contributed by atoms with Gasteiger partial charge in [-0.3, -0.25) is 4.79 Å². The van der Waals surface area contributed by atoms with Crippen LogP contribution in [0.15, 0.2) is 39.9 Å². The lowest BCUT2D eigenvalue weighted by molar-refractivity contribution is -0.137. The molecule has 1 N–H and O–H groups in total. The first-order chi connectivity index (χ1) is 14.8. The van der Waals surface area contributed by atoms with Crippen molar-refractivity contribution in [1.82, 2.24) is 29.9 Å². The Bertz CT molecular complexity index is 1290. The first kappa shape index (κ1) is 19.5. The smallest absolute Gasteiger partial charge is 0.416 e. The molecule has 1 atom stereocenters. The number of benzene rings is 1. The summed E-state index contributed by atoms with van der Waals surface area (Å²) >= 11 is 0. The SMILES string of the molecule is CC(c1ccc(C(F)(F)F)cc1)n1nc(-c2nnco2)c2c(=O)[nH]c(CC3CC3)nc21. The summed E-state index contributed by atoms with van der Waals surface area (Å²) in [5.41, 5.74) is -0.0281. The van der Waals surface area contributed by atoms with Crippen LogP contribution in [0.4, 0.5) is 13.2 Å². The molecule has 3 aromatic heterocycles. The minimum Gasteiger partial charge on any atom is -0.422 e. The maximum Gasteiger partial charge on any atom is 0.416 e. The summed E-state index contributed by atoms with van der Waals surface area (Å²) in [6, 6.07) is 4.34. The Morgan fingerprint density at radius 3 is 2.61 bits per heavy atom. The van der Waals surface area contributed by atoms with Gasteiger partial charge in [0.1, 0.15) is 11.2 Å². The molecular weight excluding hydrogens is 413 g/mol. The average Bonchev–Trinajstić information content (AvgIpc) is 3.23. The molecule has 1 saturated carbocycles. The zero-order valence-corrected chi connectivity index (χ0v) is 16.3. The van der Waals surface area contributed by atoms with E-state index >= 15 is 0 Å². The molecule has 0 bridgehead atoms. The second-order valence-electron chi connectivity index (χ2n) is 7.69. The lowest BCUT2D eigenvalue weighted by Gasteiger charge is -2.15. The van der Waals surface area contributed by atoms with Gasteiger partial charge in [-0.15, -0.1) is 10.2 Å². The van der Waals surface area contributed by atoms with Crippen LogP contribution in [0.25, 0.3) is 22.6 Å². The molecule has 8 nitrogen and oxygen atoms in total. The van der Waals surface area contributed by atoms with E-state index in [1.54, 1.807) is 6.92 Å². The van der Waals surface area contributed by atoms with Gasteiger partial charge in [-0.05, 0) is 43.4 Å². The van der Waals surface area contributed by atoms with Crippen LogP contribution in [0.5, 0.6) is 0 Å². The van der Waals surface area contributed by atoms with E-state index in [1.807, 2.05) is 0 Å². The van der Waals surface area contributed by atoms with E-state index in [9.17, 15) is 18.0 Å². The summed E-state index contributed by atoms with van der Waals surface area (Å²) in [7, 11) is 0. The zero-order valence-electron chi connectivity index (χ0n) is 16.3. The summed E-state index contributed by atoms with van der Waals surface area (Å²) in [5.74, 6) is 1.11. The van der Waals surface area contributed by atoms with Crippen molar-refractivity contribution in [3.8, 4) is 11.6 Å². The summed E-state index contributed by atoms with van der Waals surface area (Å²) in [6.07, 6.45) is -0.451. The normalized spacial score (nSPS) is 15.5. The van der Waals surface area contributed by atoms with Gasteiger partial charge in [0, 0.05) is 6.42 Å². The predicted molar refractivity (Wildman–Crippen MR) is 103 cm³/mol. The van der Waals surface area contributed by atoms with E-state index < -0.39 is 17.8 Å². The predicted octanol–water partition coefficient (Wildman–Crippen LogP) is 3.75. The molecule has 31 heavy (non-hydrogen) atoms. The molecule has 1 aliphatic carbocycles. The van der Waals surface area contributed by atoms with Gasteiger partial charge in [0.25, 0.3) is 11.4 Å². The minimum atomic E-state index is -4.42. The largest absolute Gasteiger partial charge is 0.422 e. The maximum absolute atomic E-state index is 12.9. The minimum absolute atomic E-state index is 0.0608. The molecule has 11 heteroatoms. The van der Waals surface area contributed by atoms with E-state index in [4.69, 9.17) is 4.42 Å². The molecule has 5 rings (SSSR count). The van der Waals surface area contributed by atoms with E-state index in [0.29, 0.717) is 29.4 Å². The number of rotatable bonds is 5. The monoisotopic (exact) mass is 430 g/mol. The number of H-pyrrole nitrogens is 1. The highest BCUT2D eigenvalue weighted by molar-refractivity contribution is 5.88. The lowest BCUT2D eigenvalue weighted by atomic mass is 10.1. The summed E-state index contributed by atoms with van der Waals surface area (Å²) < 4.78 is 45.5. The highest BCUT2D eigenvalue weighted by Gasteiger charge is 2.31. The van der Waals surface area contributed by atoms with E-state index in [1.165, 1.54) is 16.8 Å².